The number of ether oxygens (including phenoxy) is 1. The summed E-state index contributed by atoms with van der Waals surface area (Å²) in [6.07, 6.45) is 3.36. The average Bonchev–Trinajstić information content (AvgIpc) is 2.58. The first-order valence-corrected chi connectivity index (χ1v) is 6.53. The van der Waals surface area contributed by atoms with Crippen LogP contribution in [0.5, 0.6) is 5.75 Å². The van der Waals surface area contributed by atoms with Gasteiger partial charge in [-0.1, -0.05) is 6.07 Å². The fraction of sp³-hybridized carbons (Fsp3) is 0.125. The first-order chi connectivity index (χ1) is 10.7. The van der Waals surface area contributed by atoms with E-state index in [9.17, 15) is 0 Å². The van der Waals surface area contributed by atoms with Crippen molar-refractivity contribution in [3.05, 3.63) is 54.4 Å². The van der Waals surface area contributed by atoms with Crippen molar-refractivity contribution < 1.29 is 4.74 Å². The van der Waals surface area contributed by atoms with Crippen LogP contribution in [0.25, 0.3) is 0 Å². The summed E-state index contributed by atoms with van der Waals surface area (Å²) < 4.78 is 5.82. The van der Waals surface area contributed by atoms with Crippen molar-refractivity contribution in [2.75, 3.05) is 5.43 Å². The molecular weight excluding hydrogens is 278 g/mol. The van der Waals surface area contributed by atoms with Gasteiger partial charge in [0.2, 0.25) is 5.71 Å². The molecule has 0 saturated heterocycles. The fourth-order valence-corrected chi connectivity index (χ4v) is 1.69. The third-order valence-electron chi connectivity index (χ3n) is 2.83. The zero-order valence-electron chi connectivity index (χ0n) is 11.9. The summed E-state index contributed by atoms with van der Waals surface area (Å²) in [5.41, 5.74) is 4.05. The van der Waals surface area contributed by atoms with Gasteiger partial charge in [0.05, 0.1) is 5.69 Å². The van der Waals surface area contributed by atoms with E-state index in [-0.39, 0.29) is 11.8 Å². The highest BCUT2D eigenvalue weighted by atomic mass is 16.5. The van der Waals surface area contributed by atoms with Crippen LogP contribution in [0, 0.1) is 22.7 Å². The van der Waals surface area contributed by atoms with Crippen molar-refractivity contribution >= 4 is 11.4 Å². The Hall–Kier alpha value is -3.38. The summed E-state index contributed by atoms with van der Waals surface area (Å²) >= 11 is 0. The lowest BCUT2D eigenvalue weighted by atomic mass is 10.2. The predicted octanol–water partition coefficient (Wildman–Crippen LogP) is 3.04. The van der Waals surface area contributed by atoms with Gasteiger partial charge in [-0.3, -0.25) is 10.4 Å². The van der Waals surface area contributed by atoms with Gasteiger partial charge in [0, 0.05) is 18.0 Å². The van der Waals surface area contributed by atoms with Gasteiger partial charge in [-0.05, 0) is 37.3 Å². The van der Waals surface area contributed by atoms with Crippen LogP contribution in [0.1, 0.15) is 18.6 Å². The minimum absolute atomic E-state index is 0.116. The molecule has 1 heterocycles. The Labute approximate surface area is 128 Å². The summed E-state index contributed by atoms with van der Waals surface area (Å²) in [6.45, 7) is 1.94. The molecule has 0 aliphatic carbocycles. The standard InChI is InChI=1S/C16H13N5O/c1-12(13-3-2-8-19-11-13)22-16-6-4-14(5-7-16)20-21-15(9-17)10-18/h2-8,11-12,20H,1H3. The number of nitrogens with zero attached hydrogens (tertiary/aromatic N) is 4. The zero-order valence-corrected chi connectivity index (χ0v) is 11.9. The molecule has 1 atom stereocenters. The molecule has 1 aromatic heterocycles. The molecule has 1 unspecified atom stereocenters. The average molecular weight is 291 g/mol. The van der Waals surface area contributed by atoms with E-state index in [1.807, 2.05) is 19.1 Å². The maximum atomic E-state index is 8.59. The maximum absolute atomic E-state index is 8.59. The summed E-state index contributed by atoms with van der Waals surface area (Å²) in [5, 5.41) is 20.8. The minimum atomic E-state index is -0.231. The van der Waals surface area contributed by atoms with Crippen LogP contribution in [-0.2, 0) is 0 Å². The van der Waals surface area contributed by atoms with Crippen LogP contribution < -0.4 is 10.2 Å². The van der Waals surface area contributed by atoms with Crippen LogP contribution >= 0.6 is 0 Å². The molecule has 6 heteroatoms. The Morgan fingerprint density at radius 1 is 1.23 bits per heavy atom. The highest BCUT2D eigenvalue weighted by Gasteiger charge is 2.06. The molecule has 0 radical (unpaired) electrons. The van der Waals surface area contributed by atoms with Crippen molar-refractivity contribution in [3.63, 3.8) is 0 Å². The van der Waals surface area contributed by atoms with Crippen LogP contribution in [0.2, 0.25) is 0 Å². The Kier molecular flexibility index (Phi) is 5.06. The number of hydrazone groups is 1. The van der Waals surface area contributed by atoms with Gasteiger partial charge in [-0.15, -0.1) is 0 Å². The molecule has 1 N–H and O–H groups in total. The molecule has 0 aliphatic heterocycles. The number of rotatable bonds is 5. The molecule has 22 heavy (non-hydrogen) atoms. The molecule has 0 saturated carbocycles. The lowest BCUT2D eigenvalue weighted by Crippen LogP contribution is -2.03. The van der Waals surface area contributed by atoms with E-state index in [4.69, 9.17) is 15.3 Å². The topological polar surface area (TPSA) is 94.1 Å². The summed E-state index contributed by atoms with van der Waals surface area (Å²) in [5.74, 6) is 0.701. The lowest BCUT2D eigenvalue weighted by molar-refractivity contribution is 0.226. The molecule has 0 spiro atoms. The van der Waals surface area contributed by atoms with E-state index >= 15 is 0 Å². The molecular formula is C16H13N5O. The second kappa shape index (κ2) is 7.41. The normalized spacial score (nSPS) is 10.7. The molecule has 2 rings (SSSR count). The van der Waals surface area contributed by atoms with Gasteiger partial charge < -0.3 is 4.74 Å². The number of pyridine rings is 1. The van der Waals surface area contributed by atoms with E-state index in [0.29, 0.717) is 11.4 Å². The van der Waals surface area contributed by atoms with E-state index in [1.165, 1.54) is 0 Å². The van der Waals surface area contributed by atoms with Crippen LogP contribution in [0.3, 0.4) is 0 Å². The van der Waals surface area contributed by atoms with E-state index in [0.717, 1.165) is 5.56 Å². The summed E-state index contributed by atoms with van der Waals surface area (Å²) in [7, 11) is 0. The molecule has 108 valence electrons. The van der Waals surface area contributed by atoms with Gasteiger partial charge in [0.15, 0.2) is 0 Å². The van der Waals surface area contributed by atoms with Crippen molar-refractivity contribution in [1.82, 2.24) is 4.98 Å². The number of aromatic nitrogens is 1. The summed E-state index contributed by atoms with van der Waals surface area (Å²) in [4.78, 5) is 4.06. The monoisotopic (exact) mass is 291 g/mol. The van der Waals surface area contributed by atoms with Crippen molar-refractivity contribution in [2.24, 2.45) is 5.10 Å². The van der Waals surface area contributed by atoms with Gasteiger partial charge in [0.25, 0.3) is 0 Å². The highest BCUT2D eigenvalue weighted by molar-refractivity contribution is 6.10. The highest BCUT2D eigenvalue weighted by Crippen LogP contribution is 2.22. The third kappa shape index (κ3) is 4.06. The maximum Gasteiger partial charge on any atom is 0.237 e. The first-order valence-electron chi connectivity index (χ1n) is 6.53. The second-order valence-electron chi connectivity index (χ2n) is 4.37. The van der Waals surface area contributed by atoms with Crippen molar-refractivity contribution in [2.45, 2.75) is 13.0 Å². The number of hydrogen-bond acceptors (Lipinski definition) is 6. The largest absolute Gasteiger partial charge is 0.486 e. The second-order valence-corrected chi connectivity index (χ2v) is 4.37. The van der Waals surface area contributed by atoms with Gasteiger partial charge in [-0.25, -0.2) is 0 Å². The predicted molar refractivity (Wildman–Crippen MR) is 82.0 cm³/mol. The number of nitriles is 2. The van der Waals surface area contributed by atoms with Crippen LogP contribution in [0.15, 0.2) is 53.9 Å². The minimum Gasteiger partial charge on any atom is -0.486 e. The Bertz CT molecular complexity index is 710. The van der Waals surface area contributed by atoms with E-state index in [2.05, 4.69) is 15.5 Å². The molecule has 0 fully saturated rings. The number of hydrogen-bond donors (Lipinski definition) is 1. The number of benzene rings is 1. The molecule has 2 aromatic rings. The smallest absolute Gasteiger partial charge is 0.237 e. The zero-order chi connectivity index (χ0) is 15.8. The van der Waals surface area contributed by atoms with Crippen LogP contribution in [-0.4, -0.2) is 10.7 Å². The SMILES string of the molecule is CC(Oc1ccc(NN=C(C#N)C#N)cc1)c1cccnc1. The van der Waals surface area contributed by atoms with E-state index < -0.39 is 0 Å². The Balaban J connectivity index is 1.99. The summed E-state index contributed by atoms with van der Waals surface area (Å²) in [6, 6.07) is 14.2. The van der Waals surface area contributed by atoms with Gasteiger partial charge in [-0.2, -0.15) is 15.6 Å². The van der Waals surface area contributed by atoms with Crippen LogP contribution in [0.4, 0.5) is 5.69 Å². The van der Waals surface area contributed by atoms with Gasteiger partial charge in [0.1, 0.15) is 24.0 Å². The third-order valence-corrected chi connectivity index (χ3v) is 2.83. The number of anilines is 1. The number of nitrogens with one attached hydrogen (secondary N) is 1. The molecule has 0 aliphatic rings. The molecule has 0 bridgehead atoms. The van der Waals surface area contributed by atoms with Crippen molar-refractivity contribution in [1.29, 1.82) is 10.5 Å². The molecule has 1 aromatic carbocycles. The van der Waals surface area contributed by atoms with Crippen molar-refractivity contribution in [3.8, 4) is 17.9 Å². The first kappa shape index (κ1) is 15.0. The lowest BCUT2D eigenvalue weighted by Gasteiger charge is -2.14. The fourth-order valence-electron chi connectivity index (χ4n) is 1.69. The van der Waals surface area contributed by atoms with E-state index in [1.54, 1.807) is 48.8 Å². The van der Waals surface area contributed by atoms with Gasteiger partial charge >= 0.3 is 0 Å². The quantitative estimate of drug-likeness (QED) is 0.675. The Morgan fingerprint density at radius 2 is 1.95 bits per heavy atom. The molecule has 6 nitrogen and oxygen atoms in total. The molecule has 0 amide bonds. The Morgan fingerprint density at radius 3 is 2.55 bits per heavy atom.